The number of rotatable bonds is 2. The summed E-state index contributed by atoms with van der Waals surface area (Å²) in [5.74, 6) is -0.543. The summed E-state index contributed by atoms with van der Waals surface area (Å²) in [5, 5.41) is 0. The second-order valence-corrected chi connectivity index (χ2v) is 8.36. The average molecular weight is 387 g/mol. The van der Waals surface area contributed by atoms with E-state index < -0.39 is 12.3 Å². The number of ether oxygens (including phenoxy) is 2. The summed E-state index contributed by atoms with van der Waals surface area (Å²) in [7, 11) is 0. The normalized spacial score (nSPS) is 34.0. The molecule has 4 aliphatic rings. The van der Waals surface area contributed by atoms with Crippen molar-refractivity contribution in [2.24, 2.45) is 11.8 Å². The average Bonchev–Trinajstić information content (AvgIpc) is 3.33. The van der Waals surface area contributed by atoms with Gasteiger partial charge < -0.3 is 14.4 Å². The lowest BCUT2D eigenvalue weighted by Crippen LogP contribution is -2.48. The third-order valence-corrected chi connectivity index (χ3v) is 6.81. The molecule has 4 heterocycles. The van der Waals surface area contributed by atoms with Gasteiger partial charge in [0, 0.05) is 17.7 Å². The molecule has 0 N–H and O–H groups in total. The number of hydrogen-bond donors (Lipinski definition) is 0. The second-order valence-electron chi connectivity index (χ2n) is 8.36. The van der Waals surface area contributed by atoms with Crippen molar-refractivity contribution in [3.63, 3.8) is 0 Å². The van der Waals surface area contributed by atoms with Gasteiger partial charge in [0.05, 0.1) is 30.7 Å². The smallest absolute Gasteiger partial charge is 0.218 e. The topological polar surface area (TPSA) is 55.8 Å². The molecule has 0 saturated carbocycles. The largest absolute Gasteiger partial charge is 0.359 e. The van der Waals surface area contributed by atoms with E-state index >= 15 is 0 Å². The number of carbonyl (C=O) groups excluding carboxylic acids is 2. The van der Waals surface area contributed by atoms with E-state index in [1.54, 1.807) is 0 Å². The molecule has 29 heavy (non-hydrogen) atoms. The summed E-state index contributed by atoms with van der Waals surface area (Å²) in [5.41, 5.74) is 3.97. The number of fused-ring (bicyclic) bond motifs is 8. The molecule has 0 unspecified atom stereocenters. The van der Waals surface area contributed by atoms with E-state index in [1.807, 2.05) is 55.6 Å². The highest BCUT2D eigenvalue weighted by Gasteiger charge is 2.63. The predicted molar refractivity (Wildman–Crippen MR) is 106 cm³/mol. The van der Waals surface area contributed by atoms with E-state index in [-0.39, 0.29) is 35.5 Å². The van der Waals surface area contributed by atoms with Gasteiger partial charge >= 0.3 is 0 Å². The highest BCUT2D eigenvalue weighted by atomic mass is 16.7. The molecule has 3 saturated heterocycles. The van der Waals surface area contributed by atoms with Crippen molar-refractivity contribution in [2.75, 3.05) is 6.61 Å². The first kappa shape index (κ1) is 17.1. The Morgan fingerprint density at radius 2 is 1.90 bits per heavy atom. The van der Waals surface area contributed by atoms with Crippen molar-refractivity contribution in [3.8, 4) is 0 Å². The summed E-state index contributed by atoms with van der Waals surface area (Å²) in [6.07, 6.45) is 2.99. The summed E-state index contributed by atoms with van der Waals surface area (Å²) in [4.78, 5) is 29.0. The Labute approximate surface area is 168 Å². The van der Waals surface area contributed by atoms with Crippen LogP contribution in [0.25, 0.3) is 6.08 Å². The van der Waals surface area contributed by atoms with Gasteiger partial charge in [-0.1, -0.05) is 54.1 Å². The van der Waals surface area contributed by atoms with Gasteiger partial charge in [0.2, 0.25) is 6.29 Å². The minimum Gasteiger partial charge on any atom is -0.359 e. The number of ketones is 2. The number of nitrogens with zero attached hydrogens (tertiary/aromatic N) is 1. The zero-order valence-electron chi connectivity index (χ0n) is 16.0. The monoisotopic (exact) mass is 387 g/mol. The molecule has 0 amide bonds. The number of benzene rings is 2. The molecule has 0 radical (unpaired) electrons. The van der Waals surface area contributed by atoms with Crippen molar-refractivity contribution < 1.29 is 19.1 Å². The Balaban J connectivity index is 1.50. The summed E-state index contributed by atoms with van der Waals surface area (Å²) >= 11 is 0. The molecule has 0 aromatic heterocycles. The second kappa shape index (κ2) is 6.12. The van der Waals surface area contributed by atoms with Crippen LogP contribution < -0.4 is 0 Å². The van der Waals surface area contributed by atoms with Crippen LogP contribution in [-0.2, 0) is 14.3 Å². The molecule has 146 valence electrons. The van der Waals surface area contributed by atoms with Crippen molar-refractivity contribution >= 4 is 17.6 Å². The van der Waals surface area contributed by atoms with Crippen LogP contribution in [0.2, 0.25) is 0 Å². The maximum Gasteiger partial charge on any atom is 0.218 e. The molecular weight excluding hydrogens is 366 g/mol. The van der Waals surface area contributed by atoms with Crippen LogP contribution in [0.4, 0.5) is 0 Å². The Hall–Kier alpha value is -2.76. The quantitative estimate of drug-likeness (QED) is 0.741. The Morgan fingerprint density at radius 3 is 2.72 bits per heavy atom. The summed E-state index contributed by atoms with van der Waals surface area (Å²) in [6.45, 7) is 2.37. The molecule has 3 fully saturated rings. The SMILES string of the molecule is Cc1ccc(C(=O)[C@H]2[C@@H]3[C@@H](C(=O)[C@@H]4OC[C@H]3O4)[C@@H]3c4ccccc4C=CN23)cc1. The van der Waals surface area contributed by atoms with Gasteiger partial charge in [0.1, 0.15) is 0 Å². The van der Waals surface area contributed by atoms with Gasteiger partial charge in [-0.15, -0.1) is 0 Å². The van der Waals surface area contributed by atoms with E-state index in [1.165, 1.54) is 0 Å². The van der Waals surface area contributed by atoms with E-state index in [0.29, 0.717) is 12.2 Å². The fourth-order valence-corrected chi connectivity index (χ4v) is 5.51. The molecule has 2 aromatic carbocycles. The molecule has 6 atom stereocenters. The van der Waals surface area contributed by atoms with E-state index in [9.17, 15) is 9.59 Å². The number of hydrogen-bond acceptors (Lipinski definition) is 5. The maximum atomic E-state index is 13.7. The van der Waals surface area contributed by atoms with Gasteiger partial charge in [0.25, 0.3) is 0 Å². The minimum absolute atomic E-state index is 0.0354. The molecule has 6 rings (SSSR count). The van der Waals surface area contributed by atoms with Gasteiger partial charge in [-0.25, -0.2) is 0 Å². The fraction of sp³-hybridized carbons (Fsp3) is 0.333. The van der Waals surface area contributed by atoms with Gasteiger partial charge in [-0.05, 0) is 24.1 Å². The van der Waals surface area contributed by atoms with Crippen LogP contribution in [0.5, 0.6) is 0 Å². The van der Waals surface area contributed by atoms with Crippen molar-refractivity contribution in [1.82, 2.24) is 4.90 Å². The highest BCUT2D eigenvalue weighted by molar-refractivity contribution is 6.02. The van der Waals surface area contributed by atoms with Crippen molar-refractivity contribution in [1.29, 1.82) is 0 Å². The molecule has 5 nitrogen and oxygen atoms in total. The van der Waals surface area contributed by atoms with E-state index in [0.717, 1.165) is 16.7 Å². The molecule has 5 heteroatoms. The predicted octanol–water partition coefficient (Wildman–Crippen LogP) is 3.14. The first-order chi connectivity index (χ1) is 14.1. The molecule has 4 aliphatic heterocycles. The number of aryl methyl sites for hydroxylation is 1. The van der Waals surface area contributed by atoms with E-state index in [4.69, 9.17) is 9.47 Å². The first-order valence-electron chi connectivity index (χ1n) is 10.1. The molecule has 2 aromatic rings. The number of Topliss-reactive ketones (excluding diaryl/α,β-unsaturated/α-hetero) is 2. The molecular formula is C24H21NO4. The van der Waals surface area contributed by atoms with Crippen LogP contribution in [0.1, 0.15) is 33.1 Å². The lowest BCUT2D eigenvalue weighted by Gasteiger charge is -2.34. The van der Waals surface area contributed by atoms with Crippen LogP contribution >= 0.6 is 0 Å². The zero-order chi connectivity index (χ0) is 19.7. The lowest BCUT2D eigenvalue weighted by molar-refractivity contribution is -0.164. The van der Waals surface area contributed by atoms with Crippen LogP contribution in [0.3, 0.4) is 0 Å². The zero-order valence-corrected chi connectivity index (χ0v) is 16.0. The molecule has 0 spiro atoms. The molecule has 0 aliphatic carbocycles. The Morgan fingerprint density at radius 1 is 1.10 bits per heavy atom. The standard InChI is InChI=1S/C24H21NO4/c1-13-6-8-15(9-7-13)22(26)21-18-17-12-28-24(29-17)23(27)19(18)20-16-5-3-2-4-14(16)10-11-25(20)21/h2-11,17-21,24H,12H2,1H3/t17-,18+,19-,20+,21-,24-/m1/s1. The van der Waals surface area contributed by atoms with Gasteiger partial charge in [0.15, 0.2) is 11.6 Å². The van der Waals surface area contributed by atoms with Crippen molar-refractivity contribution in [3.05, 3.63) is 77.0 Å². The van der Waals surface area contributed by atoms with Crippen LogP contribution in [-0.4, -0.2) is 41.5 Å². The van der Waals surface area contributed by atoms with Crippen LogP contribution in [0.15, 0.2) is 54.7 Å². The Bertz CT molecular complexity index is 1040. The van der Waals surface area contributed by atoms with Gasteiger partial charge in [-0.3, -0.25) is 9.59 Å². The van der Waals surface area contributed by atoms with Crippen molar-refractivity contribution in [2.45, 2.75) is 31.4 Å². The third-order valence-electron chi connectivity index (χ3n) is 6.81. The maximum absolute atomic E-state index is 13.7. The highest BCUT2D eigenvalue weighted by Crippen LogP contribution is 2.54. The van der Waals surface area contributed by atoms with E-state index in [2.05, 4.69) is 17.0 Å². The Kier molecular flexibility index (Phi) is 3.61. The minimum atomic E-state index is -0.797. The number of carbonyl (C=O) groups is 2. The summed E-state index contributed by atoms with van der Waals surface area (Å²) < 4.78 is 11.5. The lowest BCUT2D eigenvalue weighted by atomic mass is 9.75. The molecule has 2 bridgehead atoms. The van der Waals surface area contributed by atoms with Gasteiger partial charge in [-0.2, -0.15) is 0 Å². The van der Waals surface area contributed by atoms with Crippen LogP contribution in [0, 0.1) is 18.8 Å². The summed E-state index contributed by atoms with van der Waals surface area (Å²) in [6, 6.07) is 15.2. The third kappa shape index (κ3) is 2.35. The fourth-order valence-electron chi connectivity index (χ4n) is 5.51. The first-order valence-corrected chi connectivity index (χ1v) is 10.1.